The number of nitrogens with one attached hydrogen (secondary N) is 2. The highest BCUT2D eigenvalue weighted by Gasteiger charge is 2.23. The second-order valence-electron chi connectivity index (χ2n) is 6.34. The lowest BCUT2D eigenvalue weighted by Crippen LogP contribution is -2.35. The predicted molar refractivity (Wildman–Crippen MR) is 99.6 cm³/mol. The third-order valence-corrected chi connectivity index (χ3v) is 3.57. The molecule has 0 unspecified atom stereocenters. The second kappa shape index (κ2) is 7.21. The predicted octanol–water partition coefficient (Wildman–Crippen LogP) is 4.66. The molecule has 0 bridgehead atoms. The van der Waals surface area contributed by atoms with Gasteiger partial charge in [-0.1, -0.05) is 73.8 Å². The van der Waals surface area contributed by atoms with Gasteiger partial charge in [-0.2, -0.15) is 5.10 Å². The first-order valence-electron chi connectivity index (χ1n) is 7.34. The summed E-state index contributed by atoms with van der Waals surface area (Å²) in [5.41, 5.74) is 1.53. The Morgan fingerprint density at radius 3 is 2.33 bits per heavy atom. The van der Waals surface area contributed by atoms with Crippen molar-refractivity contribution in [3.8, 4) is 5.69 Å². The lowest BCUT2D eigenvalue weighted by Gasteiger charge is -2.14. The number of anilines is 1. The van der Waals surface area contributed by atoms with Crippen molar-refractivity contribution in [2.75, 3.05) is 11.9 Å². The average Bonchev–Trinajstić information content (AvgIpc) is 2.89. The van der Waals surface area contributed by atoms with Gasteiger partial charge in [0.25, 0.3) is 0 Å². The van der Waals surface area contributed by atoms with Gasteiger partial charge in [0.05, 0.1) is 17.9 Å². The van der Waals surface area contributed by atoms with Crippen LogP contribution in [0.5, 0.6) is 0 Å². The molecular weight excluding hydrogens is 371 g/mol. The standard InChI is InChI=1S/C16H19Cl3N4O/c1-15(2,3)12-9-13(21-14(24)20-10-16(17,18)19)23(22-12)11-7-5-4-6-8-11/h4-9H,10H2,1-3H3,(H2,20,21,24). The third kappa shape index (κ3) is 5.30. The molecule has 2 N–H and O–H groups in total. The molecule has 2 rings (SSSR count). The summed E-state index contributed by atoms with van der Waals surface area (Å²) in [6.07, 6.45) is 0. The van der Waals surface area contributed by atoms with Gasteiger partial charge in [-0.25, -0.2) is 9.48 Å². The van der Waals surface area contributed by atoms with Crippen LogP contribution in [0.25, 0.3) is 5.69 Å². The first-order valence-corrected chi connectivity index (χ1v) is 8.47. The topological polar surface area (TPSA) is 59.0 Å². The van der Waals surface area contributed by atoms with E-state index in [0.717, 1.165) is 11.4 Å². The van der Waals surface area contributed by atoms with Crippen LogP contribution < -0.4 is 10.6 Å². The molecule has 8 heteroatoms. The summed E-state index contributed by atoms with van der Waals surface area (Å²) in [7, 11) is 0. The van der Waals surface area contributed by atoms with Crippen molar-refractivity contribution in [3.05, 3.63) is 42.1 Å². The number of benzene rings is 1. The summed E-state index contributed by atoms with van der Waals surface area (Å²) < 4.78 is 0.128. The zero-order valence-corrected chi connectivity index (χ0v) is 15.9. The molecule has 0 aliphatic heterocycles. The number of amides is 2. The molecule has 2 amide bonds. The summed E-state index contributed by atoms with van der Waals surface area (Å²) in [5.74, 6) is 0.535. The molecule has 2 aromatic rings. The van der Waals surface area contributed by atoms with Gasteiger partial charge in [0, 0.05) is 11.5 Å². The Balaban J connectivity index is 2.28. The fraction of sp³-hybridized carbons (Fsp3) is 0.375. The Bertz CT molecular complexity index is 702. The van der Waals surface area contributed by atoms with E-state index in [1.807, 2.05) is 36.4 Å². The van der Waals surface area contributed by atoms with Gasteiger partial charge >= 0.3 is 6.03 Å². The van der Waals surface area contributed by atoms with Crippen LogP contribution in [0.1, 0.15) is 26.5 Å². The first kappa shape index (κ1) is 18.9. The fourth-order valence-corrected chi connectivity index (χ4v) is 2.14. The minimum absolute atomic E-state index is 0.102. The average molecular weight is 390 g/mol. The van der Waals surface area contributed by atoms with Crippen molar-refractivity contribution in [3.63, 3.8) is 0 Å². The molecule has 5 nitrogen and oxygen atoms in total. The number of aromatic nitrogens is 2. The number of hydrogen-bond acceptors (Lipinski definition) is 2. The zero-order valence-electron chi connectivity index (χ0n) is 13.6. The number of halogens is 3. The second-order valence-corrected chi connectivity index (χ2v) is 8.85. The smallest absolute Gasteiger partial charge is 0.320 e. The molecule has 0 atom stereocenters. The summed E-state index contributed by atoms with van der Waals surface area (Å²) in [6, 6.07) is 10.9. The van der Waals surface area contributed by atoms with Crippen LogP contribution in [0.3, 0.4) is 0 Å². The summed E-state index contributed by atoms with van der Waals surface area (Å²) in [5, 5.41) is 9.87. The number of carbonyl (C=O) groups is 1. The van der Waals surface area contributed by atoms with Crippen molar-refractivity contribution in [2.45, 2.75) is 30.0 Å². The normalized spacial score (nSPS) is 12.1. The molecule has 0 fully saturated rings. The van der Waals surface area contributed by atoms with Crippen LogP contribution in [0.15, 0.2) is 36.4 Å². The fourth-order valence-electron chi connectivity index (χ4n) is 1.94. The number of para-hydroxylation sites is 1. The summed E-state index contributed by atoms with van der Waals surface area (Å²) >= 11 is 16.9. The van der Waals surface area contributed by atoms with E-state index in [1.165, 1.54) is 0 Å². The van der Waals surface area contributed by atoms with Crippen molar-refractivity contribution >= 4 is 46.7 Å². The van der Waals surface area contributed by atoms with Gasteiger partial charge in [-0.15, -0.1) is 0 Å². The van der Waals surface area contributed by atoms with Crippen LogP contribution in [0, 0.1) is 0 Å². The molecule has 1 aromatic carbocycles. The molecular formula is C16H19Cl3N4O. The molecule has 24 heavy (non-hydrogen) atoms. The highest BCUT2D eigenvalue weighted by Crippen LogP contribution is 2.27. The van der Waals surface area contributed by atoms with Crippen molar-refractivity contribution < 1.29 is 4.79 Å². The van der Waals surface area contributed by atoms with Crippen LogP contribution in [0.2, 0.25) is 0 Å². The Hall–Kier alpha value is -1.43. The van der Waals surface area contributed by atoms with Gasteiger partial charge in [0.2, 0.25) is 3.79 Å². The van der Waals surface area contributed by atoms with E-state index in [-0.39, 0.29) is 12.0 Å². The van der Waals surface area contributed by atoms with Gasteiger partial charge in [0.15, 0.2) is 0 Å². The summed E-state index contributed by atoms with van der Waals surface area (Å²) in [4.78, 5) is 12.1. The van der Waals surface area contributed by atoms with E-state index in [2.05, 4.69) is 36.5 Å². The number of alkyl halides is 3. The Labute approximate surface area is 156 Å². The van der Waals surface area contributed by atoms with Crippen LogP contribution in [-0.4, -0.2) is 26.1 Å². The van der Waals surface area contributed by atoms with Gasteiger partial charge in [0.1, 0.15) is 5.82 Å². The lowest BCUT2D eigenvalue weighted by molar-refractivity contribution is 0.252. The van der Waals surface area contributed by atoms with Crippen LogP contribution in [-0.2, 0) is 5.41 Å². The monoisotopic (exact) mass is 388 g/mol. The first-order chi connectivity index (χ1) is 11.1. The quantitative estimate of drug-likeness (QED) is 0.750. The number of rotatable bonds is 3. The highest BCUT2D eigenvalue weighted by molar-refractivity contribution is 6.67. The van der Waals surface area contributed by atoms with Crippen molar-refractivity contribution in [1.29, 1.82) is 0 Å². The Kier molecular flexibility index (Phi) is 5.68. The van der Waals surface area contributed by atoms with E-state index in [0.29, 0.717) is 5.82 Å². The van der Waals surface area contributed by atoms with E-state index in [9.17, 15) is 4.79 Å². The summed E-state index contributed by atoms with van der Waals surface area (Å²) in [6.45, 7) is 6.06. The number of nitrogens with zero attached hydrogens (tertiary/aromatic N) is 2. The van der Waals surface area contributed by atoms with Crippen LogP contribution >= 0.6 is 34.8 Å². The minimum atomic E-state index is -1.55. The number of carbonyl (C=O) groups excluding carboxylic acids is 1. The molecule has 0 aliphatic rings. The molecule has 130 valence electrons. The maximum Gasteiger partial charge on any atom is 0.320 e. The molecule has 0 saturated carbocycles. The number of urea groups is 1. The Morgan fingerprint density at radius 1 is 1.17 bits per heavy atom. The Morgan fingerprint density at radius 2 is 1.79 bits per heavy atom. The zero-order chi connectivity index (χ0) is 18.0. The van der Waals surface area contributed by atoms with Crippen LogP contribution in [0.4, 0.5) is 10.6 Å². The van der Waals surface area contributed by atoms with E-state index >= 15 is 0 Å². The van der Waals surface area contributed by atoms with Gasteiger partial charge in [-0.05, 0) is 12.1 Å². The largest absolute Gasteiger partial charge is 0.334 e. The third-order valence-electron chi connectivity index (χ3n) is 3.17. The van der Waals surface area contributed by atoms with E-state index in [4.69, 9.17) is 34.8 Å². The van der Waals surface area contributed by atoms with E-state index < -0.39 is 9.82 Å². The highest BCUT2D eigenvalue weighted by atomic mass is 35.6. The SMILES string of the molecule is CC(C)(C)c1cc(NC(=O)NCC(Cl)(Cl)Cl)n(-c2ccccc2)n1. The lowest BCUT2D eigenvalue weighted by atomic mass is 9.92. The maximum absolute atomic E-state index is 12.1. The van der Waals surface area contributed by atoms with Gasteiger partial charge < -0.3 is 5.32 Å². The minimum Gasteiger partial charge on any atom is -0.334 e. The number of hydrogen-bond donors (Lipinski definition) is 2. The molecule has 0 spiro atoms. The van der Waals surface area contributed by atoms with Gasteiger partial charge in [-0.3, -0.25) is 5.32 Å². The molecule has 0 radical (unpaired) electrons. The van der Waals surface area contributed by atoms with E-state index in [1.54, 1.807) is 4.68 Å². The van der Waals surface area contributed by atoms with Crippen molar-refractivity contribution in [2.24, 2.45) is 0 Å². The maximum atomic E-state index is 12.1. The molecule has 0 aliphatic carbocycles. The molecule has 0 saturated heterocycles. The van der Waals surface area contributed by atoms with Crippen molar-refractivity contribution in [1.82, 2.24) is 15.1 Å². The molecule has 1 heterocycles. The molecule has 1 aromatic heterocycles.